The first-order valence-corrected chi connectivity index (χ1v) is 7.95. The van der Waals surface area contributed by atoms with Crippen molar-refractivity contribution in [2.75, 3.05) is 11.9 Å². The van der Waals surface area contributed by atoms with E-state index in [-0.39, 0.29) is 0 Å². The first-order valence-electron chi connectivity index (χ1n) is 7.07. The van der Waals surface area contributed by atoms with Gasteiger partial charge in [0.15, 0.2) is 0 Å². The number of aromatic nitrogens is 1. The lowest BCUT2D eigenvalue weighted by Gasteiger charge is -2.08. The van der Waals surface area contributed by atoms with Crippen LogP contribution in [0, 0.1) is 12.8 Å². The zero-order chi connectivity index (χ0) is 16.1. The highest BCUT2D eigenvalue weighted by Crippen LogP contribution is 2.22. The molecular weight excluding hydrogens is 298 g/mol. The van der Waals surface area contributed by atoms with Gasteiger partial charge in [0.1, 0.15) is 0 Å². The summed E-state index contributed by atoms with van der Waals surface area (Å²) in [6.07, 6.45) is 0. The minimum atomic E-state index is -0.655. The number of amides is 2. The topological polar surface area (TPSA) is 71.1 Å². The predicted octanol–water partition coefficient (Wildman–Crippen LogP) is 2.83. The van der Waals surface area contributed by atoms with Gasteiger partial charge in [-0.15, -0.1) is 11.3 Å². The number of hydrogen-bond donors (Lipinski definition) is 2. The van der Waals surface area contributed by atoms with Gasteiger partial charge in [0, 0.05) is 23.2 Å². The lowest BCUT2D eigenvalue weighted by Crippen LogP contribution is -2.37. The molecule has 0 aliphatic rings. The Bertz CT molecular complexity index is 662. The lowest BCUT2D eigenvalue weighted by molar-refractivity contribution is -0.136. The molecule has 1 aromatic heterocycles. The van der Waals surface area contributed by atoms with Gasteiger partial charge in [0.25, 0.3) is 0 Å². The Hall–Kier alpha value is -2.21. The largest absolute Gasteiger partial charge is 0.348 e. The number of carbonyl (C=O) groups is 2. The number of nitrogens with zero attached hydrogens (tertiary/aromatic N) is 1. The SMILES string of the molecule is Cc1nc(-c2ccc(NC(=O)C(=O)NCC(C)C)cc2)cs1. The van der Waals surface area contributed by atoms with Crippen molar-refractivity contribution < 1.29 is 9.59 Å². The van der Waals surface area contributed by atoms with Crippen LogP contribution >= 0.6 is 11.3 Å². The van der Waals surface area contributed by atoms with E-state index >= 15 is 0 Å². The molecule has 0 aliphatic heterocycles. The molecular formula is C16H19N3O2S. The fraction of sp³-hybridized carbons (Fsp3) is 0.312. The molecule has 2 amide bonds. The van der Waals surface area contributed by atoms with Gasteiger partial charge in [0.2, 0.25) is 0 Å². The Balaban J connectivity index is 1.96. The highest BCUT2D eigenvalue weighted by Gasteiger charge is 2.13. The molecule has 0 spiro atoms. The zero-order valence-corrected chi connectivity index (χ0v) is 13.7. The van der Waals surface area contributed by atoms with Gasteiger partial charge in [-0.2, -0.15) is 0 Å². The summed E-state index contributed by atoms with van der Waals surface area (Å²) in [6, 6.07) is 7.27. The molecule has 0 fully saturated rings. The molecule has 6 heteroatoms. The van der Waals surface area contributed by atoms with E-state index in [0.29, 0.717) is 18.2 Å². The molecule has 22 heavy (non-hydrogen) atoms. The minimum absolute atomic E-state index is 0.303. The molecule has 0 saturated heterocycles. The molecule has 0 radical (unpaired) electrons. The van der Waals surface area contributed by atoms with E-state index in [4.69, 9.17) is 0 Å². The molecule has 0 bridgehead atoms. The van der Waals surface area contributed by atoms with Crippen LogP contribution in [-0.4, -0.2) is 23.3 Å². The fourth-order valence-corrected chi connectivity index (χ4v) is 2.41. The molecule has 116 valence electrons. The first-order chi connectivity index (χ1) is 10.5. The standard InChI is InChI=1S/C16H19N3O2S/c1-10(2)8-17-15(20)16(21)19-13-6-4-12(5-7-13)14-9-22-11(3)18-14/h4-7,9-10H,8H2,1-3H3,(H,17,20)(H,19,21). The molecule has 2 aromatic rings. The number of carbonyl (C=O) groups excluding carboxylic acids is 2. The number of nitrogens with one attached hydrogen (secondary N) is 2. The predicted molar refractivity (Wildman–Crippen MR) is 88.8 cm³/mol. The number of hydrogen-bond acceptors (Lipinski definition) is 4. The van der Waals surface area contributed by atoms with Gasteiger partial charge in [-0.3, -0.25) is 9.59 Å². The van der Waals surface area contributed by atoms with Crippen molar-refractivity contribution in [2.24, 2.45) is 5.92 Å². The molecule has 2 N–H and O–H groups in total. The fourth-order valence-electron chi connectivity index (χ4n) is 1.79. The third-order valence-electron chi connectivity index (χ3n) is 2.93. The van der Waals surface area contributed by atoms with Crippen LogP contribution in [0.25, 0.3) is 11.3 Å². The Labute approximate surface area is 133 Å². The normalized spacial score (nSPS) is 10.5. The summed E-state index contributed by atoms with van der Waals surface area (Å²) in [7, 11) is 0. The maximum absolute atomic E-state index is 11.7. The number of benzene rings is 1. The van der Waals surface area contributed by atoms with Crippen LogP contribution in [0.15, 0.2) is 29.6 Å². The van der Waals surface area contributed by atoms with Crippen LogP contribution in [0.4, 0.5) is 5.69 Å². The van der Waals surface area contributed by atoms with E-state index in [2.05, 4.69) is 15.6 Å². The summed E-state index contributed by atoms with van der Waals surface area (Å²) in [5, 5.41) is 8.16. The average Bonchev–Trinajstić information content (AvgIpc) is 2.92. The van der Waals surface area contributed by atoms with Crippen molar-refractivity contribution >= 4 is 28.8 Å². The Morgan fingerprint density at radius 3 is 2.41 bits per heavy atom. The van der Waals surface area contributed by atoms with Crippen molar-refractivity contribution in [3.8, 4) is 11.3 Å². The Morgan fingerprint density at radius 2 is 1.86 bits per heavy atom. The molecule has 1 heterocycles. The molecule has 0 atom stereocenters. The minimum Gasteiger partial charge on any atom is -0.348 e. The van der Waals surface area contributed by atoms with Crippen molar-refractivity contribution in [2.45, 2.75) is 20.8 Å². The second-order valence-corrected chi connectivity index (χ2v) is 6.45. The molecule has 0 saturated carbocycles. The maximum Gasteiger partial charge on any atom is 0.313 e. The van der Waals surface area contributed by atoms with Gasteiger partial charge >= 0.3 is 11.8 Å². The summed E-state index contributed by atoms with van der Waals surface area (Å²) in [4.78, 5) is 27.8. The second-order valence-electron chi connectivity index (χ2n) is 5.39. The van der Waals surface area contributed by atoms with Crippen LogP contribution in [0.5, 0.6) is 0 Å². The van der Waals surface area contributed by atoms with Gasteiger partial charge in [-0.05, 0) is 25.0 Å². The van der Waals surface area contributed by atoms with E-state index < -0.39 is 11.8 Å². The molecule has 5 nitrogen and oxygen atoms in total. The summed E-state index contributed by atoms with van der Waals surface area (Å²) in [5.74, 6) is -0.969. The van der Waals surface area contributed by atoms with Crippen molar-refractivity contribution in [1.82, 2.24) is 10.3 Å². The van der Waals surface area contributed by atoms with Crippen LogP contribution in [-0.2, 0) is 9.59 Å². The van der Waals surface area contributed by atoms with Gasteiger partial charge in [-0.1, -0.05) is 26.0 Å². The third-order valence-corrected chi connectivity index (χ3v) is 3.71. The van der Waals surface area contributed by atoms with E-state index in [1.54, 1.807) is 23.5 Å². The average molecular weight is 317 g/mol. The molecule has 0 unspecified atom stereocenters. The molecule has 1 aromatic carbocycles. The van der Waals surface area contributed by atoms with Crippen LogP contribution in [0.3, 0.4) is 0 Å². The zero-order valence-electron chi connectivity index (χ0n) is 12.8. The van der Waals surface area contributed by atoms with E-state index in [1.807, 2.05) is 38.3 Å². The first kappa shape index (κ1) is 16.2. The van der Waals surface area contributed by atoms with Crippen molar-refractivity contribution in [3.05, 3.63) is 34.7 Å². The number of thiazole rings is 1. The van der Waals surface area contributed by atoms with Crippen molar-refractivity contribution in [1.29, 1.82) is 0 Å². The molecule has 2 rings (SSSR count). The van der Waals surface area contributed by atoms with Crippen LogP contribution in [0.2, 0.25) is 0 Å². The lowest BCUT2D eigenvalue weighted by atomic mass is 10.1. The van der Waals surface area contributed by atoms with E-state index in [1.165, 1.54) is 0 Å². The summed E-state index contributed by atoms with van der Waals surface area (Å²) in [6.45, 7) is 6.38. The summed E-state index contributed by atoms with van der Waals surface area (Å²) in [5.41, 5.74) is 2.47. The summed E-state index contributed by atoms with van der Waals surface area (Å²) < 4.78 is 0. The van der Waals surface area contributed by atoms with E-state index in [9.17, 15) is 9.59 Å². The van der Waals surface area contributed by atoms with E-state index in [0.717, 1.165) is 16.3 Å². The highest BCUT2D eigenvalue weighted by atomic mass is 32.1. The quantitative estimate of drug-likeness (QED) is 0.852. The Morgan fingerprint density at radius 1 is 1.18 bits per heavy atom. The van der Waals surface area contributed by atoms with Gasteiger partial charge in [0.05, 0.1) is 10.7 Å². The second kappa shape index (κ2) is 7.17. The maximum atomic E-state index is 11.7. The third kappa shape index (κ3) is 4.39. The van der Waals surface area contributed by atoms with Crippen LogP contribution in [0.1, 0.15) is 18.9 Å². The Kier molecular flexibility index (Phi) is 5.27. The monoisotopic (exact) mass is 317 g/mol. The van der Waals surface area contributed by atoms with Crippen molar-refractivity contribution in [3.63, 3.8) is 0 Å². The number of aryl methyl sites for hydroxylation is 1. The number of rotatable bonds is 4. The van der Waals surface area contributed by atoms with Gasteiger partial charge in [-0.25, -0.2) is 4.98 Å². The smallest absolute Gasteiger partial charge is 0.313 e. The molecule has 0 aliphatic carbocycles. The number of anilines is 1. The highest BCUT2D eigenvalue weighted by molar-refractivity contribution is 7.09. The van der Waals surface area contributed by atoms with Crippen LogP contribution < -0.4 is 10.6 Å². The van der Waals surface area contributed by atoms with Gasteiger partial charge < -0.3 is 10.6 Å². The summed E-state index contributed by atoms with van der Waals surface area (Å²) >= 11 is 1.59.